The average molecular weight is 421 g/mol. The second-order valence-electron chi connectivity index (χ2n) is 8.70. The molecule has 3 aliphatic rings. The molecule has 2 N–H and O–H groups in total. The number of rotatable bonds is 3. The fourth-order valence-electron chi connectivity index (χ4n) is 5.07. The first-order chi connectivity index (χ1) is 14.3. The second kappa shape index (κ2) is 7.98. The van der Waals surface area contributed by atoms with Gasteiger partial charge in [-0.2, -0.15) is 4.98 Å². The molecule has 1 aromatic rings. The van der Waals surface area contributed by atoms with Gasteiger partial charge >= 0.3 is 6.09 Å². The monoisotopic (exact) mass is 421 g/mol. The molecule has 10 heteroatoms. The third-order valence-electron chi connectivity index (χ3n) is 6.83. The summed E-state index contributed by atoms with van der Waals surface area (Å²) < 4.78 is 14.1. The average Bonchev–Trinajstić information content (AvgIpc) is 3.04. The van der Waals surface area contributed by atoms with Crippen molar-refractivity contribution in [1.29, 1.82) is 0 Å². The maximum Gasteiger partial charge on any atom is 0.412 e. The normalized spacial score (nSPS) is 29.5. The van der Waals surface area contributed by atoms with Gasteiger partial charge in [-0.05, 0) is 44.9 Å². The minimum Gasteiger partial charge on any atom is -0.465 e. The van der Waals surface area contributed by atoms with Crippen LogP contribution in [0.5, 0.6) is 0 Å². The Morgan fingerprint density at radius 3 is 2.70 bits per heavy atom. The van der Waals surface area contributed by atoms with E-state index in [-0.39, 0.29) is 29.8 Å². The first-order valence-corrected chi connectivity index (χ1v) is 10.5. The number of halogens is 1. The number of likely N-dealkylation sites (tertiary alicyclic amines) is 1. The summed E-state index contributed by atoms with van der Waals surface area (Å²) in [6.45, 7) is 1.79. The summed E-state index contributed by atoms with van der Waals surface area (Å²) in [7, 11) is 1.23. The molecule has 3 heterocycles. The van der Waals surface area contributed by atoms with E-state index in [1.54, 1.807) is 0 Å². The highest BCUT2D eigenvalue weighted by molar-refractivity contribution is 5.86. The molecule has 4 rings (SSSR count). The predicted molar refractivity (Wildman–Crippen MR) is 107 cm³/mol. The van der Waals surface area contributed by atoms with Crippen molar-refractivity contribution in [3.63, 3.8) is 0 Å². The number of amides is 2. The number of anilines is 2. The van der Waals surface area contributed by atoms with Crippen LogP contribution in [0.15, 0.2) is 6.20 Å². The molecule has 2 aliphatic heterocycles. The van der Waals surface area contributed by atoms with E-state index < -0.39 is 17.3 Å². The summed E-state index contributed by atoms with van der Waals surface area (Å²) in [5, 5.41) is 18.9. The van der Waals surface area contributed by atoms with Crippen molar-refractivity contribution in [3.8, 4) is 0 Å². The molecule has 0 radical (unpaired) electrons. The number of piperidine rings is 1. The van der Waals surface area contributed by atoms with Crippen molar-refractivity contribution in [2.24, 2.45) is 5.41 Å². The predicted octanol–water partition coefficient (Wildman–Crippen LogP) is 1.85. The number of nitrogens with zero attached hydrogens (tertiary/aromatic N) is 5. The molecule has 1 aliphatic carbocycles. The van der Waals surface area contributed by atoms with Crippen LogP contribution in [-0.2, 0) is 4.79 Å². The van der Waals surface area contributed by atoms with Crippen LogP contribution in [0.2, 0.25) is 0 Å². The fraction of sp³-hybridized carbons (Fsp3) is 0.700. The second-order valence-corrected chi connectivity index (χ2v) is 8.70. The number of hydrogen-bond acceptors (Lipinski definition) is 6. The first-order valence-electron chi connectivity index (χ1n) is 10.5. The quantitative estimate of drug-likeness (QED) is 0.766. The fourth-order valence-corrected chi connectivity index (χ4v) is 5.07. The van der Waals surface area contributed by atoms with E-state index in [4.69, 9.17) is 5.11 Å². The molecule has 1 saturated carbocycles. The van der Waals surface area contributed by atoms with Crippen LogP contribution in [0.1, 0.15) is 44.9 Å². The van der Waals surface area contributed by atoms with Gasteiger partial charge in [0.05, 0.1) is 17.7 Å². The van der Waals surface area contributed by atoms with Crippen molar-refractivity contribution in [1.82, 2.24) is 14.9 Å². The van der Waals surface area contributed by atoms with Gasteiger partial charge in [0.2, 0.25) is 11.9 Å². The molecular formula is C20H28FN5O4. The largest absolute Gasteiger partial charge is 0.465 e. The van der Waals surface area contributed by atoms with Gasteiger partial charge in [0.1, 0.15) is 0 Å². The van der Waals surface area contributed by atoms with Gasteiger partial charge < -0.3 is 20.0 Å². The Labute approximate surface area is 174 Å². The molecule has 2 amide bonds. The van der Waals surface area contributed by atoms with Crippen LogP contribution in [0, 0.1) is 11.2 Å². The van der Waals surface area contributed by atoms with Crippen molar-refractivity contribution < 1.29 is 24.2 Å². The summed E-state index contributed by atoms with van der Waals surface area (Å²) in [5.41, 5.74) is -0.509. The third kappa shape index (κ3) is 3.68. The van der Waals surface area contributed by atoms with Gasteiger partial charge in [-0.1, -0.05) is 0 Å². The van der Waals surface area contributed by atoms with Crippen LogP contribution in [0.3, 0.4) is 0 Å². The number of hydrogen-bond donors (Lipinski definition) is 2. The van der Waals surface area contributed by atoms with Crippen LogP contribution >= 0.6 is 0 Å². The number of carbonyl (C=O) groups excluding carboxylic acids is 1. The summed E-state index contributed by atoms with van der Waals surface area (Å²) in [6, 6.07) is 0.188. The molecule has 0 aromatic carbocycles. The van der Waals surface area contributed by atoms with E-state index >= 15 is 0 Å². The summed E-state index contributed by atoms with van der Waals surface area (Å²) >= 11 is 0. The van der Waals surface area contributed by atoms with Crippen LogP contribution in [-0.4, -0.2) is 75.9 Å². The molecule has 0 bridgehead atoms. The maximum atomic E-state index is 14.1. The van der Waals surface area contributed by atoms with E-state index in [0.717, 1.165) is 56.0 Å². The zero-order valence-electron chi connectivity index (χ0n) is 17.1. The molecule has 164 valence electrons. The third-order valence-corrected chi connectivity index (χ3v) is 6.83. The minimum atomic E-state index is -1.31. The van der Waals surface area contributed by atoms with Gasteiger partial charge in [0.15, 0.2) is 11.6 Å². The Kier molecular flexibility index (Phi) is 5.52. The SMILES string of the molecule is CN(C(=O)O)c1nc(N2CCCC3(CCN([C@H]4CC[C@H](O)CC4)C3=O)C2)ncc1F. The smallest absolute Gasteiger partial charge is 0.412 e. The Morgan fingerprint density at radius 2 is 2.00 bits per heavy atom. The van der Waals surface area contributed by atoms with E-state index in [9.17, 15) is 19.1 Å². The van der Waals surface area contributed by atoms with Gasteiger partial charge in [-0.25, -0.2) is 14.2 Å². The van der Waals surface area contributed by atoms with Crippen LogP contribution < -0.4 is 9.80 Å². The molecule has 1 unspecified atom stereocenters. The lowest BCUT2D eigenvalue weighted by Crippen LogP contribution is -2.50. The Balaban J connectivity index is 1.52. The summed E-state index contributed by atoms with van der Waals surface area (Å²) in [5.74, 6) is -0.713. The Morgan fingerprint density at radius 1 is 1.27 bits per heavy atom. The van der Waals surface area contributed by atoms with Gasteiger partial charge in [0, 0.05) is 32.7 Å². The highest BCUT2D eigenvalue weighted by Crippen LogP contribution is 2.43. The topological polar surface area (TPSA) is 110 Å². The molecule has 9 nitrogen and oxygen atoms in total. The number of aliphatic hydroxyl groups excluding tert-OH is 1. The van der Waals surface area contributed by atoms with Crippen molar-refractivity contribution in [2.45, 2.75) is 57.1 Å². The van der Waals surface area contributed by atoms with E-state index in [2.05, 4.69) is 9.97 Å². The Bertz CT molecular complexity index is 831. The first kappa shape index (κ1) is 20.8. The number of aromatic nitrogens is 2. The van der Waals surface area contributed by atoms with Crippen molar-refractivity contribution >= 4 is 23.8 Å². The van der Waals surface area contributed by atoms with Gasteiger partial charge in [0.25, 0.3) is 0 Å². The highest BCUT2D eigenvalue weighted by Gasteiger charge is 2.51. The van der Waals surface area contributed by atoms with Crippen molar-refractivity contribution in [2.75, 3.05) is 36.5 Å². The molecule has 2 saturated heterocycles. The lowest BCUT2D eigenvalue weighted by atomic mass is 9.78. The van der Waals surface area contributed by atoms with E-state index in [1.165, 1.54) is 7.05 Å². The van der Waals surface area contributed by atoms with Gasteiger partial charge in [-0.15, -0.1) is 0 Å². The molecule has 1 atom stereocenters. The number of aliphatic hydroxyl groups is 1. The summed E-state index contributed by atoms with van der Waals surface area (Å²) in [4.78, 5) is 37.4. The van der Waals surface area contributed by atoms with Crippen molar-refractivity contribution in [3.05, 3.63) is 12.0 Å². The van der Waals surface area contributed by atoms with E-state index in [0.29, 0.717) is 19.6 Å². The molecular weight excluding hydrogens is 393 g/mol. The molecule has 1 spiro atoms. The summed E-state index contributed by atoms with van der Waals surface area (Å²) in [6.07, 6.45) is 4.87. The zero-order valence-corrected chi connectivity index (χ0v) is 17.1. The van der Waals surface area contributed by atoms with Gasteiger partial charge in [-0.3, -0.25) is 9.69 Å². The molecule has 30 heavy (non-hydrogen) atoms. The lowest BCUT2D eigenvalue weighted by Gasteiger charge is -2.40. The Hall–Kier alpha value is -2.49. The minimum absolute atomic E-state index is 0.151. The molecule has 3 fully saturated rings. The number of carboxylic acid groups (broad SMARTS) is 1. The van der Waals surface area contributed by atoms with Crippen LogP contribution in [0.4, 0.5) is 21.0 Å². The standard InChI is InChI=1S/C20H28FN5O4/c1-24(19(29)30)16-15(21)11-22-18(23-16)25-9-2-7-20(12-25)8-10-26(17(20)28)13-3-5-14(27)6-4-13/h11,13-14,27H,2-10,12H2,1H3,(H,29,30)/t13-,14-,20?. The maximum absolute atomic E-state index is 14.1. The molecule has 1 aromatic heterocycles. The lowest BCUT2D eigenvalue weighted by molar-refractivity contribution is -0.139. The zero-order chi connectivity index (χ0) is 21.5. The van der Waals surface area contributed by atoms with Crippen LogP contribution in [0.25, 0.3) is 0 Å². The highest BCUT2D eigenvalue weighted by atomic mass is 19.1. The van der Waals surface area contributed by atoms with E-state index in [1.807, 2.05) is 9.80 Å². The number of carbonyl (C=O) groups is 2.